The van der Waals surface area contributed by atoms with E-state index >= 15 is 0 Å². The van der Waals surface area contributed by atoms with E-state index in [1.54, 1.807) is 7.11 Å². The molecule has 0 radical (unpaired) electrons. The van der Waals surface area contributed by atoms with Gasteiger partial charge in [0.25, 0.3) is 0 Å². The molecule has 20 heavy (non-hydrogen) atoms. The zero-order chi connectivity index (χ0) is 14.2. The summed E-state index contributed by atoms with van der Waals surface area (Å²) in [7, 11) is 1.64. The van der Waals surface area contributed by atoms with Crippen molar-refractivity contribution in [2.24, 2.45) is 0 Å². The van der Waals surface area contributed by atoms with Crippen LogP contribution < -0.4 is 10.1 Å². The molecule has 0 bridgehead atoms. The molecule has 0 fully saturated rings. The first kappa shape index (κ1) is 14.0. The van der Waals surface area contributed by atoms with E-state index in [0.717, 1.165) is 17.1 Å². The minimum Gasteiger partial charge on any atom is -0.496 e. The number of ether oxygens (including phenoxy) is 1. The normalized spacial score (nSPS) is 10.2. The number of methoxy groups -OCH3 is 1. The molecule has 1 heterocycles. The molecule has 0 aliphatic carbocycles. The number of benzene rings is 1. The summed E-state index contributed by atoms with van der Waals surface area (Å²) < 4.78 is 5.26. The monoisotopic (exact) mass is 274 g/mol. The second kappa shape index (κ2) is 7.28. The Hall–Kier alpha value is -2.37. The lowest BCUT2D eigenvalue weighted by Crippen LogP contribution is -2.26. The number of nitrogens with one attached hydrogen (secondary N) is 2. The van der Waals surface area contributed by atoms with Crippen molar-refractivity contribution in [1.29, 1.82) is 0 Å². The maximum absolute atomic E-state index is 11.7. The molecule has 2 aromatic rings. The highest BCUT2D eigenvalue weighted by molar-refractivity contribution is 5.76. The number of aromatic amines is 1. The van der Waals surface area contributed by atoms with Gasteiger partial charge < -0.3 is 10.1 Å². The van der Waals surface area contributed by atoms with Crippen LogP contribution in [-0.2, 0) is 17.6 Å². The minimum atomic E-state index is 0.0235. The van der Waals surface area contributed by atoms with Crippen LogP contribution in [0.15, 0.2) is 30.6 Å². The SMILES string of the molecule is COc1ccccc1CCC(=O)NCCc1ncn[nH]1. The van der Waals surface area contributed by atoms with Gasteiger partial charge in [0, 0.05) is 19.4 Å². The van der Waals surface area contributed by atoms with Gasteiger partial charge in [-0.2, -0.15) is 5.10 Å². The lowest BCUT2D eigenvalue weighted by molar-refractivity contribution is -0.121. The highest BCUT2D eigenvalue weighted by Gasteiger charge is 2.06. The van der Waals surface area contributed by atoms with Crippen LogP contribution in [0.5, 0.6) is 5.75 Å². The minimum absolute atomic E-state index is 0.0235. The predicted octanol–water partition coefficient (Wildman–Crippen LogP) is 1.10. The zero-order valence-electron chi connectivity index (χ0n) is 11.4. The molecule has 2 N–H and O–H groups in total. The number of carbonyl (C=O) groups is 1. The van der Waals surface area contributed by atoms with E-state index in [4.69, 9.17) is 4.74 Å². The van der Waals surface area contributed by atoms with Gasteiger partial charge in [-0.05, 0) is 18.1 Å². The first-order chi connectivity index (χ1) is 9.79. The number of rotatable bonds is 7. The molecule has 1 aromatic carbocycles. The van der Waals surface area contributed by atoms with Crippen LogP contribution in [-0.4, -0.2) is 34.7 Å². The van der Waals surface area contributed by atoms with E-state index in [1.165, 1.54) is 6.33 Å². The van der Waals surface area contributed by atoms with Gasteiger partial charge in [-0.25, -0.2) is 4.98 Å². The summed E-state index contributed by atoms with van der Waals surface area (Å²) in [6.07, 6.45) is 3.22. The Morgan fingerprint density at radius 3 is 2.95 bits per heavy atom. The number of amides is 1. The molecule has 6 heteroatoms. The van der Waals surface area contributed by atoms with Gasteiger partial charge in [-0.3, -0.25) is 9.89 Å². The molecule has 0 atom stereocenters. The topological polar surface area (TPSA) is 79.9 Å². The quantitative estimate of drug-likeness (QED) is 0.792. The van der Waals surface area contributed by atoms with Gasteiger partial charge in [0.15, 0.2) is 0 Å². The molecule has 0 unspecified atom stereocenters. The maximum atomic E-state index is 11.7. The van der Waals surface area contributed by atoms with Crippen LogP contribution in [0, 0.1) is 0 Å². The maximum Gasteiger partial charge on any atom is 0.220 e. The number of H-pyrrole nitrogens is 1. The fourth-order valence-electron chi connectivity index (χ4n) is 1.92. The number of hydrogen-bond acceptors (Lipinski definition) is 4. The third kappa shape index (κ3) is 4.08. The first-order valence-corrected chi connectivity index (χ1v) is 6.52. The van der Waals surface area contributed by atoms with Crippen LogP contribution in [0.1, 0.15) is 17.8 Å². The summed E-state index contributed by atoms with van der Waals surface area (Å²) >= 11 is 0. The lowest BCUT2D eigenvalue weighted by atomic mass is 10.1. The van der Waals surface area contributed by atoms with Gasteiger partial charge in [-0.1, -0.05) is 18.2 Å². The number of aryl methyl sites for hydroxylation is 1. The van der Waals surface area contributed by atoms with E-state index in [1.807, 2.05) is 24.3 Å². The Kier molecular flexibility index (Phi) is 5.11. The molecule has 0 saturated heterocycles. The molecule has 0 aliphatic rings. The van der Waals surface area contributed by atoms with Crippen molar-refractivity contribution in [2.45, 2.75) is 19.3 Å². The van der Waals surface area contributed by atoms with E-state index in [9.17, 15) is 4.79 Å². The molecule has 106 valence electrons. The van der Waals surface area contributed by atoms with Crippen LogP contribution in [0.25, 0.3) is 0 Å². The zero-order valence-corrected chi connectivity index (χ0v) is 11.4. The van der Waals surface area contributed by atoms with Crippen LogP contribution in [0.4, 0.5) is 0 Å². The first-order valence-electron chi connectivity index (χ1n) is 6.52. The van der Waals surface area contributed by atoms with Crippen LogP contribution in [0.2, 0.25) is 0 Å². The second-order valence-electron chi connectivity index (χ2n) is 4.34. The third-order valence-electron chi connectivity index (χ3n) is 2.96. The average molecular weight is 274 g/mol. The second-order valence-corrected chi connectivity index (χ2v) is 4.34. The molecule has 1 amide bonds. The van der Waals surface area contributed by atoms with Gasteiger partial charge >= 0.3 is 0 Å². The number of carbonyl (C=O) groups excluding carboxylic acids is 1. The Morgan fingerprint density at radius 2 is 2.20 bits per heavy atom. The Bertz CT molecular complexity index is 540. The fraction of sp³-hybridized carbons (Fsp3) is 0.357. The van der Waals surface area contributed by atoms with Crippen molar-refractivity contribution in [3.63, 3.8) is 0 Å². The van der Waals surface area contributed by atoms with Crippen LogP contribution >= 0.6 is 0 Å². The number of hydrogen-bond donors (Lipinski definition) is 2. The molecular formula is C14H18N4O2. The number of para-hydroxylation sites is 1. The highest BCUT2D eigenvalue weighted by Crippen LogP contribution is 2.18. The van der Waals surface area contributed by atoms with Gasteiger partial charge in [0.2, 0.25) is 5.91 Å². The molecule has 6 nitrogen and oxygen atoms in total. The fourth-order valence-corrected chi connectivity index (χ4v) is 1.92. The molecule has 1 aromatic heterocycles. The van der Waals surface area contributed by atoms with E-state index < -0.39 is 0 Å². The van der Waals surface area contributed by atoms with Crippen molar-refractivity contribution in [2.75, 3.05) is 13.7 Å². The standard InChI is InChI=1S/C14H18N4O2/c1-20-12-5-3-2-4-11(12)6-7-14(19)15-9-8-13-16-10-17-18-13/h2-5,10H,6-9H2,1H3,(H,15,19)(H,16,17,18). The molecule has 0 aliphatic heterocycles. The van der Waals surface area contributed by atoms with Crippen molar-refractivity contribution >= 4 is 5.91 Å². The molecule has 0 saturated carbocycles. The van der Waals surface area contributed by atoms with E-state index in [2.05, 4.69) is 20.5 Å². The van der Waals surface area contributed by atoms with Gasteiger partial charge in [-0.15, -0.1) is 0 Å². The predicted molar refractivity (Wildman–Crippen MR) is 74.4 cm³/mol. The lowest BCUT2D eigenvalue weighted by Gasteiger charge is -2.08. The van der Waals surface area contributed by atoms with Gasteiger partial charge in [0.1, 0.15) is 17.9 Å². The van der Waals surface area contributed by atoms with Crippen LogP contribution in [0.3, 0.4) is 0 Å². The highest BCUT2D eigenvalue weighted by atomic mass is 16.5. The number of nitrogens with zero attached hydrogens (tertiary/aromatic N) is 2. The molecular weight excluding hydrogens is 256 g/mol. The summed E-state index contributed by atoms with van der Waals surface area (Å²) in [6, 6.07) is 7.73. The number of aromatic nitrogens is 3. The summed E-state index contributed by atoms with van der Waals surface area (Å²) in [5.41, 5.74) is 1.04. The van der Waals surface area contributed by atoms with Crippen molar-refractivity contribution in [3.05, 3.63) is 42.0 Å². The van der Waals surface area contributed by atoms with Crippen molar-refractivity contribution < 1.29 is 9.53 Å². The average Bonchev–Trinajstić information content (AvgIpc) is 2.98. The summed E-state index contributed by atoms with van der Waals surface area (Å²) in [5.74, 6) is 1.62. The van der Waals surface area contributed by atoms with Crippen molar-refractivity contribution in [3.8, 4) is 5.75 Å². The Balaban J connectivity index is 1.72. The molecule has 0 spiro atoms. The Labute approximate surface area is 117 Å². The summed E-state index contributed by atoms with van der Waals surface area (Å²) in [5, 5.41) is 9.37. The Morgan fingerprint density at radius 1 is 1.35 bits per heavy atom. The van der Waals surface area contributed by atoms with E-state index in [-0.39, 0.29) is 5.91 Å². The van der Waals surface area contributed by atoms with Crippen molar-refractivity contribution in [1.82, 2.24) is 20.5 Å². The summed E-state index contributed by atoms with van der Waals surface area (Å²) in [6.45, 7) is 0.556. The largest absolute Gasteiger partial charge is 0.496 e. The smallest absolute Gasteiger partial charge is 0.220 e. The molecule has 2 rings (SSSR count). The van der Waals surface area contributed by atoms with E-state index in [0.29, 0.717) is 25.8 Å². The van der Waals surface area contributed by atoms with Gasteiger partial charge in [0.05, 0.1) is 7.11 Å². The summed E-state index contributed by atoms with van der Waals surface area (Å²) in [4.78, 5) is 15.7. The third-order valence-corrected chi connectivity index (χ3v) is 2.96.